The Balaban J connectivity index is 2.39. The van der Waals surface area contributed by atoms with Crippen LogP contribution in [0.15, 0.2) is 24.3 Å². The van der Waals surface area contributed by atoms with E-state index in [1.165, 1.54) is 0 Å². The molecule has 2 unspecified atom stereocenters. The number of carbonyl (C=O) groups excluding carboxylic acids is 1. The van der Waals surface area contributed by atoms with E-state index in [1.807, 2.05) is 38.1 Å². The van der Waals surface area contributed by atoms with E-state index < -0.39 is 0 Å². The highest BCUT2D eigenvalue weighted by atomic mass is 16.5. The molecule has 3 N–H and O–H groups in total. The van der Waals surface area contributed by atoms with Crippen molar-refractivity contribution in [3.05, 3.63) is 29.8 Å². The van der Waals surface area contributed by atoms with Gasteiger partial charge in [0.05, 0.1) is 0 Å². The van der Waals surface area contributed by atoms with Gasteiger partial charge in [-0.05, 0) is 37.0 Å². The van der Waals surface area contributed by atoms with E-state index in [2.05, 4.69) is 5.32 Å². The van der Waals surface area contributed by atoms with Gasteiger partial charge in [-0.15, -0.1) is 0 Å². The predicted octanol–water partition coefficient (Wildman–Crippen LogP) is 1.70. The highest BCUT2D eigenvalue weighted by Crippen LogP contribution is 2.17. The lowest BCUT2D eigenvalue weighted by Crippen LogP contribution is -2.31. The first-order valence-corrected chi connectivity index (χ1v) is 7.27. The average Bonchev–Trinajstić information content (AvgIpc) is 2.42. The summed E-state index contributed by atoms with van der Waals surface area (Å²) in [5.74, 6) is 0.820. The van der Waals surface area contributed by atoms with Crippen LogP contribution >= 0.6 is 0 Å². The Kier molecular flexibility index (Phi) is 7.79. The van der Waals surface area contributed by atoms with Crippen molar-refractivity contribution in [2.45, 2.75) is 32.9 Å². The minimum Gasteiger partial charge on any atom is -0.492 e. The second-order valence-electron chi connectivity index (χ2n) is 5.31. The number of nitrogens with one attached hydrogen (secondary N) is 1. The Morgan fingerprint density at radius 2 is 2.14 bits per heavy atom. The minimum absolute atomic E-state index is 0.0228. The highest BCUT2D eigenvalue weighted by Gasteiger charge is 2.08. The first kappa shape index (κ1) is 17.5. The number of amides is 1. The molecule has 0 heterocycles. The van der Waals surface area contributed by atoms with Crippen LogP contribution in [-0.4, -0.2) is 32.4 Å². The zero-order valence-electron chi connectivity index (χ0n) is 13.1. The number of carbonyl (C=O) groups is 1. The molecule has 0 aliphatic heterocycles. The highest BCUT2D eigenvalue weighted by molar-refractivity contribution is 5.73. The Bertz CT molecular complexity index is 437. The molecule has 1 aromatic carbocycles. The molecule has 0 aliphatic carbocycles. The van der Waals surface area contributed by atoms with E-state index in [-0.39, 0.29) is 18.1 Å². The van der Waals surface area contributed by atoms with Crippen molar-refractivity contribution in [1.82, 2.24) is 5.32 Å². The van der Waals surface area contributed by atoms with Crippen molar-refractivity contribution in [2.75, 3.05) is 20.3 Å². The predicted molar refractivity (Wildman–Crippen MR) is 83.1 cm³/mol. The van der Waals surface area contributed by atoms with Crippen LogP contribution in [0.5, 0.6) is 5.75 Å². The third kappa shape index (κ3) is 7.68. The fourth-order valence-electron chi connectivity index (χ4n) is 2.09. The summed E-state index contributed by atoms with van der Waals surface area (Å²) in [7, 11) is 1.66. The second kappa shape index (κ2) is 9.37. The Labute approximate surface area is 126 Å². The summed E-state index contributed by atoms with van der Waals surface area (Å²) >= 11 is 0. The van der Waals surface area contributed by atoms with Gasteiger partial charge in [0.25, 0.3) is 0 Å². The maximum absolute atomic E-state index is 10.9. The van der Waals surface area contributed by atoms with Crippen molar-refractivity contribution in [2.24, 2.45) is 11.7 Å². The number of hydrogen-bond acceptors (Lipinski definition) is 4. The lowest BCUT2D eigenvalue weighted by molar-refractivity contribution is -0.118. The van der Waals surface area contributed by atoms with Gasteiger partial charge in [-0.3, -0.25) is 10.1 Å². The molecule has 0 aliphatic rings. The zero-order valence-corrected chi connectivity index (χ0v) is 13.1. The fraction of sp³-hybridized carbons (Fsp3) is 0.562. The molecule has 2 atom stereocenters. The van der Waals surface area contributed by atoms with Crippen LogP contribution in [-0.2, 0) is 16.0 Å². The molecule has 0 spiro atoms. The van der Waals surface area contributed by atoms with Gasteiger partial charge in [-0.1, -0.05) is 19.1 Å². The number of benzene rings is 1. The monoisotopic (exact) mass is 294 g/mol. The molecule has 0 saturated heterocycles. The summed E-state index contributed by atoms with van der Waals surface area (Å²) in [6.45, 7) is 5.26. The molecule has 5 heteroatoms. The van der Waals surface area contributed by atoms with Gasteiger partial charge >= 0.3 is 0 Å². The van der Waals surface area contributed by atoms with E-state index in [1.54, 1.807) is 7.11 Å². The first-order valence-electron chi connectivity index (χ1n) is 7.27. The van der Waals surface area contributed by atoms with Gasteiger partial charge in [0.15, 0.2) is 0 Å². The van der Waals surface area contributed by atoms with Crippen LogP contribution in [0.3, 0.4) is 0 Å². The molecule has 0 bridgehead atoms. The van der Waals surface area contributed by atoms with Crippen molar-refractivity contribution in [3.8, 4) is 5.75 Å². The largest absolute Gasteiger partial charge is 0.492 e. The number of methoxy groups -OCH3 is 1. The van der Waals surface area contributed by atoms with Crippen molar-refractivity contribution in [3.63, 3.8) is 0 Å². The summed E-state index contributed by atoms with van der Waals surface area (Å²) in [5, 5.41) is 3.17. The number of primary amides is 1. The maximum Gasteiger partial charge on any atom is 0.217 e. The molecule has 0 saturated carbocycles. The molecular weight excluding hydrogens is 268 g/mol. The molecule has 0 fully saturated rings. The maximum atomic E-state index is 10.9. The third-order valence-electron chi connectivity index (χ3n) is 3.19. The van der Waals surface area contributed by atoms with Crippen LogP contribution in [0.2, 0.25) is 0 Å². The van der Waals surface area contributed by atoms with Crippen LogP contribution in [0, 0.1) is 5.92 Å². The normalized spacial score (nSPS) is 13.7. The van der Waals surface area contributed by atoms with Gasteiger partial charge in [0.1, 0.15) is 18.6 Å². The van der Waals surface area contributed by atoms with Crippen molar-refractivity contribution in [1.29, 1.82) is 0 Å². The van der Waals surface area contributed by atoms with E-state index in [4.69, 9.17) is 15.2 Å². The lowest BCUT2D eigenvalue weighted by Gasteiger charge is -2.13. The molecular formula is C16H26N2O3. The summed E-state index contributed by atoms with van der Waals surface area (Å²) in [6.07, 6.45) is 1.25. The SMILES string of the molecule is COC(C)NCCOc1cccc(CC(C)CC(N)=O)c1. The Morgan fingerprint density at radius 3 is 2.81 bits per heavy atom. The van der Waals surface area contributed by atoms with Gasteiger partial charge in [0, 0.05) is 20.1 Å². The summed E-state index contributed by atoms with van der Waals surface area (Å²) < 4.78 is 10.8. The lowest BCUT2D eigenvalue weighted by atomic mass is 9.98. The standard InChI is InChI=1S/C16H26N2O3/c1-12(10-16(17)19)9-14-5-4-6-15(11-14)21-8-7-18-13(2)20-3/h4-6,11-13,18H,7-10H2,1-3H3,(H2,17,19). The second-order valence-corrected chi connectivity index (χ2v) is 5.31. The summed E-state index contributed by atoms with van der Waals surface area (Å²) in [4.78, 5) is 10.9. The van der Waals surface area contributed by atoms with Crippen LogP contribution in [0.4, 0.5) is 0 Å². The van der Waals surface area contributed by atoms with Gasteiger partial charge in [-0.25, -0.2) is 0 Å². The van der Waals surface area contributed by atoms with Gasteiger partial charge in [0.2, 0.25) is 5.91 Å². The molecule has 5 nitrogen and oxygen atoms in total. The topological polar surface area (TPSA) is 73.6 Å². The average molecular weight is 294 g/mol. The van der Waals surface area contributed by atoms with Gasteiger partial charge in [-0.2, -0.15) is 0 Å². The van der Waals surface area contributed by atoms with Crippen molar-refractivity contribution >= 4 is 5.91 Å². The smallest absolute Gasteiger partial charge is 0.217 e. The third-order valence-corrected chi connectivity index (χ3v) is 3.19. The molecule has 1 aromatic rings. The number of hydrogen-bond donors (Lipinski definition) is 2. The first-order chi connectivity index (χ1) is 10.0. The van der Waals surface area contributed by atoms with Crippen LogP contribution < -0.4 is 15.8 Å². The minimum atomic E-state index is -0.256. The quantitative estimate of drug-likeness (QED) is 0.509. The zero-order chi connectivity index (χ0) is 15.7. The molecule has 21 heavy (non-hydrogen) atoms. The molecule has 118 valence electrons. The van der Waals surface area contributed by atoms with E-state index in [0.29, 0.717) is 13.0 Å². The number of rotatable bonds is 10. The number of nitrogens with two attached hydrogens (primary N) is 1. The van der Waals surface area contributed by atoms with Crippen molar-refractivity contribution < 1.29 is 14.3 Å². The summed E-state index contributed by atoms with van der Waals surface area (Å²) in [6, 6.07) is 7.95. The molecule has 0 radical (unpaired) electrons. The molecule has 0 aromatic heterocycles. The van der Waals surface area contributed by atoms with Crippen LogP contribution in [0.1, 0.15) is 25.8 Å². The Morgan fingerprint density at radius 1 is 1.38 bits per heavy atom. The van der Waals surface area contributed by atoms with Gasteiger partial charge < -0.3 is 15.2 Å². The molecule has 1 rings (SSSR count). The molecule has 1 amide bonds. The summed E-state index contributed by atoms with van der Waals surface area (Å²) in [5.41, 5.74) is 6.37. The Hall–Kier alpha value is -1.59. The van der Waals surface area contributed by atoms with E-state index in [9.17, 15) is 4.79 Å². The van der Waals surface area contributed by atoms with E-state index >= 15 is 0 Å². The van der Waals surface area contributed by atoms with E-state index in [0.717, 1.165) is 24.3 Å². The fourth-order valence-corrected chi connectivity index (χ4v) is 2.09. The van der Waals surface area contributed by atoms with Crippen LogP contribution in [0.25, 0.3) is 0 Å². The number of ether oxygens (including phenoxy) is 2.